The van der Waals surface area contributed by atoms with Gasteiger partial charge in [0, 0.05) is 23.8 Å². The number of thiophene rings is 1. The van der Waals surface area contributed by atoms with Crippen molar-refractivity contribution in [3.8, 4) is 11.4 Å². The van der Waals surface area contributed by atoms with E-state index in [-0.39, 0.29) is 24.2 Å². The zero-order valence-corrected chi connectivity index (χ0v) is 13.8. The Bertz CT molecular complexity index is 800. The van der Waals surface area contributed by atoms with Gasteiger partial charge in [0.15, 0.2) is 0 Å². The van der Waals surface area contributed by atoms with Crippen LogP contribution in [0.5, 0.6) is 0 Å². The summed E-state index contributed by atoms with van der Waals surface area (Å²) in [7, 11) is 0. The van der Waals surface area contributed by atoms with Crippen LogP contribution in [0.2, 0.25) is 0 Å². The molecule has 0 aliphatic heterocycles. The minimum atomic E-state index is -0.296. The summed E-state index contributed by atoms with van der Waals surface area (Å²) in [6.45, 7) is 1.85. The molecule has 3 rings (SSSR count). The summed E-state index contributed by atoms with van der Waals surface area (Å²) >= 11 is 1.56. The van der Waals surface area contributed by atoms with Gasteiger partial charge < -0.3 is 9.84 Å². The minimum absolute atomic E-state index is 0.123. The van der Waals surface area contributed by atoms with Gasteiger partial charge in [0.05, 0.1) is 6.04 Å². The van der Waals surface area contributed by atoms with Crippen molar-refractivity contribution < 1.29 is 13.7 Å². The Kier molecular flexibility index (Phi) is 5.00. The van der Waals surface area contributed by atoms with Crippen molar-refractivity contribution in [1.82, 2.24) is 15.5 Å². The Balaban J connectivity index is 1.51. The largest absolute Gasteiger partial charge is 0.350 e. The highest BCUT2D eigenvalue weighted by Gasteiger charge is 2.13. The number of hydrogen-bond donors (Lipinski definition) is 1. The smallest absolute Gasteiger partial charge is 0.227 e. The third-order valence-corrected chi connectivity index (χ3v) is 4.24. The fourth-order valence-corrected chi connectivity index (χ4v) is 2.87. The highest BCUT2D eigenvalue weighted by Crippen LogP contribution is 2.19. The van der Waals surface area contributed by atoms with Gasteiger partial charge >= 0.3 is 0 Å². The van der Waals surface area contributed by atoms with Crippen molar-refractivity contribution in [1.29, 1.82) is 0 Å². The zero-order chi connectivity index (χ0) is 16.9. The fraction of sp³-hybridized carbons (Fsp3) is 0.235. The van der Waals surface area contributed by atoms with E-state index in [1.165, 1.54) is 12.1 Å². The number of aromatic nitrogens is 2. The number of nitrogens with zero attached hydrogens (tertiary/aromatic N) is 2. The maximum absolute atomic E-state index is 12.9. The normalized spacial score (nSPS) is 12.1. The molecule has 1 aromatic carbocycles. The second kappa shape index (κ2) is 7.35. The SMILES string of the molecule is CC(NC(=O)CCc1nc(-c2ccsc2)no1)c1ccc(F)cc1. The molecule has 0 saturated heterocycles. The molecule has 1 unspecified atom stereocenters. The third-order valence-electron chi connectivity index (χ3n) is 3.56. The van der Waals surface area contributed by atoms with Gasteiger partial charge in [-0.2, -0.15) is 16.3 Å². The molecule has 0 spiro atoms. The topological polar surface area (TPSA) is 68.0 Å². The first-order valence-electron chi connectivity index (χ1n) is 7.52. The summed E-state index contributed by atoms with van der Waals surface area (Å²) in [6.07, 6.45) is 0.621. The van der Waals surface area contributed by atoms with Gasteiger partial charge in [-0.25, -0.2) is 4.39 Å². The zero-order valence-electron chi connectivity index (χ0n) is 13.0. The number of rotatable bonds is 6. The Morgan fingerprint density at radius 3 is 2.83 bits per heavy atom. The number of carbonyl (C=O) groups is 1. The summed E-state index contributed by atoms with van der Waals surface area (Å²) < 4.78 is 18.1. The van der Waals surface area contributed by atoms with Gasteiger partial charge in [-0.3, -0.25) is 4.79 Å². The standard InChI is InChI=1S/C17H16FN3O2S/c1-11(12-2-4-14(18)5-3-12)19-15(22)6-7-16-20-17(21-23-16)13-8-9-24-10-13/h2-5,8-11H,6-7H2,1H3,(H,19,22). The molecule has 1 atom stereocenters. The van der Waals surface area contributed by atoms with Gasteiger partial charge in [-0.05, 0) is 36.1 Å². The number of nitrogens with one attached hydrogen (secondary N) is 1. The predicted octanol–water partition coefficient (Wildman–Crippen LogP) is 3.75. The van der Waals surface area contributed by atoms with Crippen molar-refractivity contribution in [2.75, 3.05) is 0 Å². The molecular formula is C17H16FN3O2S. The average Bonchev–Trinajstić information content (AvgIpc) is 3.25. The van der Waals surface area contributed by atoms with Gasteiger partial charge in [0.25, 0.3) is 0 Å². The van der Waals surface area contributed by atoms with Crippen LogP contribution in [0.4, 0.5) is 4.39 Å². The third kappa shape index (κ3) is 4.05. The van der Waals surface area contributed by atoms with Gasteiger partial charge in [0.1, 0.15) is 5.82 Å². The van der Waals surface area contributed by atoms with E-state index in [0.717, 1.165) is 11.1 Å². The average molecular weight is 345 g/mol. The summed E-state index contributed by atoms with van der Waals surface area (Å²) in [5.41, 5.74) is 1.76. The van der Waals surface area contributed by atoms with Crippen molar-refractivity contribution >= 4 is 17.2 Å². The lowest BCUT2D eigenvalue weighted by atomic mass is 10.1. The highest BCUT2D eigenvalue weighted by molar-refractivity contribution is 7.08. The number of amides is 1. The van der Waals surface area contributed by atoms with Gasteiger partial charge in [-0.15, -0.1) is 0 Å². The molecule has 0 fully saturated rings. The summed E-state index contributed by atoms with van der Waals surface area (Å²) in [5, 5.41) is 10.7. The Hall–Kier alpha value is -2.54. The maximum atomic E-state index is 12.9. The predicted molar refractivity (Wildman–Crippen MR) is 88.9 cm³/mol. The molecule has 1 N–H and O–H groups in total. The minimum Gasteiger partial charge on any atom is -0.350 e. The second-order valence-electron chi connectivity index (χ2n) is 5.36. The molecule has 3 aromatic rings. The van der Waals surface area contributed by atoms with Crippen LogP contribution in [0.25, 0.3) is 11.4 Å². The summed E-state index contributed by atoms with van der Waals surface area (Å²) in [5.74, 6) is 0.546. The van der Waals surface area contributed by atoms with Crippen molar-refractivity contribution in [3.63, 3.8) is 0 Å². The molecule has 1 amide bonds. The second-order valence-corrected chi connectivity index (χ2v) is 6.14. The monoisotopic (exact) mass is 345 g/mol. The molecule has 0 saturated carbocycles. The van der Waals surface area contributed by atoms with Gasteiger partial charge in [0.2, 0.25) is 17.6 Å². The number of hydrogen-bond acceptors (Lipinski definition) is 5. The highest BCUT2D eigenvalue weighted by atomic mass is 32.1. The Morgan fingerprint density at radius 1 is 1.33 bits per heavy atom. The van der Waals surface area contributed by atoms with E-state index < -0.39 is 0 Å². The number of carbonyl (C=O) groups excluding carboxylic acids is 1. The molecule has 24 heavy (non-hydrogen) atoms. The number of benzene rings is 1. The molecule has 2 aromatic heterocycles. The van der Waals surface area contributed by atoms with E-state index in [0.29, 0.717) is 18.1 Å². The van der Waals surface area contributed by atoms with E-state index >= 15 is 0 Å². The molecule has 124 valence electrons. The quantitative estimate of drug-likeness (QED) is 0.739. The lowest BCUT2D eigenvalue weighted by Gasteiger charge is -2.13. The van der Waals surface area contributed by atoms with Crippen LogP contribution < -0.4 is 5.32 Å². The first kappa shape index (κ1) is 16.3. The molecule has 0 aliphatic rings. The number of aryl methyl sites for hydroxylation is 1. The van der Waals surface area contributed by atoms with Crippen LogP contribution in [-0.4, -0.2) is 16.0 Å². The van der Waals surface area contributed by atoms with Crippen LogP contribution in [-0.2, 0) is 11.2 Å². The van der Waals surface area contributed by atoms with E-state index in [4.69, 9.17) is 4.52 Å². The van der Waals surface area contributed by atoms with Crippen molar-refractivity contribution in [2.24, 2.45) is 0 Å². The van der Waals surface area contributed by atoms with E-state index in [2.05, 4.69) is 15.5 Å². The molecule has 0 bridgehead atoms. The van der Waals surface area contributed by atoms with Crippen LogP contribution in [0, 0.1) is 5.82 Å². The van der Waals surface area contributed by atoms with Crippen LogP contribution >= 0.6 is 11.3 Å². The fourth-order valence-electron chi connectivity index (χ4n) is 2.23. The molecule has 0 radical (unpaired) electrons. The molecule has 0 aliphatic carbocycles. The molecule has 5 nitrogen and oxygen atoms in total. The molecule has 7 heteroatoms. The van der Waals surface area contributed by atoms with Crippen LogP contribution in [0.1, 0.15) is 30.8 Å². The van der Waals surface area contributed by atoms with Crippen LogP contribution in [0.15, 0.2) is 45.6 Å². The van der Waals surface area contributed by atoms with E-state index in [1.54, 1.807) is 23.5 Å². The van der Waals surface area contributed by atoms with E-state index in [9.17, 15) is 9.18 Å². The molecule has 2 heterocycles. The van der Waals surface area contributed by atoms with Crippen molar-refractivity contribution in [2.45, 2.75) is 25.8 Å². The first-order valence-corrected chi connectivity index (χ1v) is 8.46. The first-order chi connectivity index (χ1) is 11.6. The Labute approximate surface area is 142 Å². The molecular weight excluding hydrogens is 329 g/mol. The maximum Gasteiger partial charge on any atom is 0.227 e. The Morgan fingerprint density at radius 2 is 2.12 bits per heavy atom. The lowest BCUT2D eigenvalue weighted by Crippen LogP contribution is -2.26. The van der Waals surface area contributed by atoms with E-state index in [1.807, 2.05) is 23.8 Å². The van der Waals surface area contributed by atoms with Gasteiger partial charge in [-0.1, -0.05) is 17.3 Å². The summed E-state index contributed by atoms with van der Waals surface area (Å²) in [4.78, 5) is 16.3. The lowest BCUT2D eigenvalue weighted by molar-refractivity contribution is -0.121. The number of halogens is 1. The van der Waals surface area contributed by atoms with Crippen molar-refractivity contribution in [3.05, 3.63) is 58.4 Å². The summed E-state index contributed by atoms with van der Waals surface area (Å²) in [6, 6.07) is 7.79. The van der Waals surface area contributed by atoms with Crippen LogP contribution in [0.3, 0.4) is 0 Å².